The Bertz CT molecular complexity index is 414. The van der Waals surface area contributed by atoms with E-state index in [1.165, 1.54) is 22.8 Å². The van der Waals surface area contributed by atoms with Crippen molar-refractivity contribution in [3.05, 3.63) is 29.5 Å². The molecule has 0 spiro atoms. The molecule has 0 aliphatic carbocycles. The van der Waals surface area contributed by atoms with Crippen LogP contribution in [0.5, 0.6) is 0 Å². The first-order valence-electron chi connectivity index (χ1n) is 4.53. The molecule has 0 saturated heterocycles. The molecule has 0 unspecified atom stereocenters. The molecule has 1 aliphatic heterocycles. The third-order valence-electron chi connectivity index (χ3n) is 2.49. The highest BCUT2D eigenvalue weighted by atomic mass is 32.1. The molecule has 3 heterocycles. The Kier molecular flexibility index (Phi) is 1.52. The third kappa shape index (κ3) is 1.04. The molecule has 0 amide bonds. The molecule has 0 N–H and O–H groups in total. The van der Waals surface area contributed by atoms with Gasteiger partial charge in [0, 0.05) is 13.0 Å². The van der Waals surface area contributed by atoms with E-state index in [2.05, 4.69) is 27.1 Å². The first kappa shape index (κ1) is 7.33. The number of hydrogen-bond acceptors (Lipinski definition) is 2. The average Bonchev–Trinajstić information content (AvgIpc) is 2.79. The Morgan fingerprint density at radius 2 is 2.46 bits per heavy atom. The minimum atomic E-state index is 1.14. The number of rotatable bonds is 1. The van der Waals surface area contributed by atoms with Gasteiger partial charge >= 0.3 is 0 Å². The van der Waals surface area contributed by atoms with Crippen LogP contribution < -0.4 is 0 Å². The summed E-state index contributed by atoms with van der Waals surface area (Å²) in [5.41, 5.74) is 1.29. The van der Waals surface area contributed by atoms with E-state index in [9.17, 15) is 0 Å². The van der Waals surface area contributed by atoms with Crippen molar-refractivity contribution < 1.29 is 0 Å². The van der Waals surface area contributed by atoms with Crippen molar-refractivity contribution in [3.63, 3.8) is 0 Å². The summed E-state index contributed by atoms with van der Waals surface area (Å²) >= 11 is 1.79. The van der Waals surface area contributed by atoms with Crippen LogP contribution >= 0.6 is 11.3 Å². The quantitative estimate of drug-likeness (QED) is 0.675. The van der Waals surface area contributed by atoms with Gasteiger partial charge in [-0.1, -0.05) is 6.07 Å². The topological polar surface area (TPSA) is 17.8 Å². The van der Waals surface area contributed by atoms with Gasteiger partial charge in [-0.2, -0.15) is 0 Å². The number of aryl methyl sites for hydroxylation is 1. The van der Waals surface area contributed by atoms with E-state index in [0.717, 1.165) is 13.0 Å². The molecule has 3 rings (SSSR count). The van der Waals surface area contributed by atoms with Crippen molar-refractivity contribution in [2.75, 3.05) is 0 Å². The largest absolute Gasteiger partial charge is 0.327 e. The van der Waals surface area contributed by atoms with Gasteiger partial charge in [0.05, 0.1) is 16.8 Å². The lowest BCUT2D eigenvalue weighted by Crippen LogP contribution is -1.93. The van der Waals surface area contributed by atoms with Crippen molar-refractivity contribution >= 4 is 11.3 Å². The van der Waals surface area contributed by atoms with Crippen LogP contribution in [0, 0.1) is 0 Å². The van der Waals surface area contributed by atoms with Gasteiger partial charge in [0.15, 0.2) is 0 Å². The summed E-state index contributed by atoms with van der Waals surface area (Å²) in [4.78, 5) is 5.76. The Morgan fingerprint density at radius 1 is 1.46 bits per heavy atom. The van der Waals surface area contributed by atoms with Crippen molar-refractivity contribution in [2.45, 2.75) is 19.4 Å². The van der Waals surface area contributed by atoms with E-state index in [-0.39, 0.29) is 0 Å². The molecule has 66 valence electrons. The molecule has 0 saturated carbocycles. The molecule has 0 atom stereocenters. The maximum Gasteiger partial charge on any atom is 0.109 e. The predicted octanol–water partition coefficient (Wildman–Crippen LogP) is 2.56. The molecule has 0 fully saturated rings. The molecular weight excluding hydrogens is 180 g/mol. The summed E-state index contributed by atoms with van der Waals surface area (Å²) in [5.74, 6) is 1.25. The van der Waals surface area contributed by atoms with Gasteiger partial charge in [-0.3, -0.25) is 0 Å². The van der Waals surface area contributed by atoms with Crippen molar-refractivity contribution in [1.29, 1.82) is 0 Å². The van der Waals surface area contributed by atoms with Crippen LogP contribution in [0.2, 0.25) is 0 Å². The Morgan fingerprint density at radius 3 is 3.31 bits per heavy atom. The second-order valence-corrected chi connectivity index (χ2v) is 4.24. The van der Waals surface area contributed by atoms with E-state index in [0.29, 0.717) is 0 Å². The molecule has 0 aromatic carbocycles. The summed E-state index contributed by atoms with van der Waals surface area (Å²) in [7, 11) is 0. The number of fused-ring (bicyclic) bond motifs is 1. The van der Waals surface area contributed by atoms with Gasteiger partial charge in [-0.05, 0) is 17.9 Å². The lowest BCUT2D eigenvalue weighted by molar-refractivity contribution is 0.757. The predicted molar refractivity (Wildman–Crippen MR) is 53.9 cm³/mol. The Hall–Kier alpha value is -1.09. The minimum absolute atomic E-state index is 1.14. The van der Waals surface area contributed by atoms with Gasteiger partial charge < -0.3 is 4.57 Å². The Labute approximate surface area is 80.9 Å². The van der Waals surface area contributed by atoms with Crippen LogP contribution in [0.1, 0.15) is 12.2 Å². The fraction of sp³-hybridized carbons (Fsp3) is 0.300. The highest BCUT2D eigenvalue weighted by molar-refractivity contribution is 7.13. The maximum absolute atomic E-state index is 4.42. The van der Waals surface area contributed by atoms with Gasteiger partial charge in [-0.25, -0.2) is 4.98 Å². The number of hydrogen-bond donors (Lipinski definition) is 0. The maximum atomic E-state index is 4.42. The third-order valence-corrected chi connectivity index (χ3v) is 3.39. The van der Waals surface area contributed by atoms with E-state index in [1.807, 2.05) is 6.20 Å². The van der Waals surface area contributed by atoms with Crippen LogP contribution in [-0.4, -0.2) is 9.55 Å². The van der Waals surface area contributed by atoms with Crippen molar-refractivity contribution in [2.24, 2.45) is 0 Å². The van der Waals surface area contributed by atoms with Crippen LogP contribution in [0.3, 0.4) is 0 Å². The fourth-order valence-electron chi connectivity index (χ4n) is 1.88. The van der Waals surface area contributed by atoms with E-state index in [1.54, 1.807) is 11.3 Å². The zero-order chi connectivity index (χ0) is 8.67. The van der Waals surface area contributed by atoms with Gasteiger partial charge in [0.2, 0.25) is 0 Å². The molecule has 2 aromatic rings. The number of thiophene rings is 1. The smallest absolute Gasteiger partial charge is 0.109 e. The molecule has 1 aliphatic rings. The minimum Gasteiger partial charge on any atom is -0.327 e. The number of aromatic nitrogens is 2. The summed E-state index contributed by atoms with van der Waals surface area (Å²) in [5, 5.41) is 2.12. The number of imidazole rings is 1. The first-order valence-corrected chi connectivity index (χ1v) is 5.41. The average molecular weight is 190 g/mol. The monoisotopic (exact) mass is 190 g/mol. The van der Waals surface area contributed by atoms with Crippen LogP contribution in [0.4, 0.5) is 0 Å². The highest BCUT2D eigenvalue weighted by Gasteiger charge is 2.16. The molecule has 2 aromatic heterocycles. The standard InChI is InChI=1S/C10H10N2S/c1-4-10-11-7-8(12(10)5-1)9-3-2-6-13-9/h2-3,6-7H,1,4-5H2. The summed E-state index contributed by atoms with van der Waals surface area (Å²) in [6.07, 6.45) is 4.40. The first-order chi connectivity index (χ1) is 6.45. The lowest BCUT2D eigenvalue weighted by Gasteiger charge is -2.00. The number of nitrogens with zero attached hydrogens (tertiary/aromatic N) is 2. The molecule has 2 nitrogen and oxygen atoms in total. The SMILES string of the molecule is c1csc(-c2cnc3n2CCC3)c1. The lowest BCUT2D eigenvalue weighted by atomic mass is 10.3. The normalized spacial score (nSPS) is 14.8. The zero-order valence-corrected chi connectivity index (χ0v) is 8.05. The summed E-state index contributed by atoms with van der Waals surface area (Å²) in [6.45, 7) is 1.14. The highest BCUT2D eigenvalue weighted by Crippen LogP contribution is 2.28. The van der Waals surface area contributed by atoms with Gasteiger partial charge in [0.25, 0.3) is 0 Å². The summed E-state index contributed by atoms with van der Waals surface area (Å²) < 4.78 is 2.34. The summed E-state index contributed by atoms with van der Waals surface area (Å²) in [6, 6.07) is 4.25. The molecular formula is C10H10N2S. The second-order valence-electron chi connectivity index (χ2n) is 3.29. The molecule has 3 heteroatoms. The molecule has 0 bridgehead atoms. The van der Waals surface area contributed by atoms with Gasteiger partial charge in [-0.15, -0.1) is 11.3 Å². The molecule has 13 heavy (non-hydrogen) atoms. The van der Waals surface area contributed by atoms with E-state index >= 15 is 0 Å². The fourth-order valence-corrected chi connectivity index (χ4v) is 2.62. The second kappa shape index (κ2) is 2.70. The van der Waals surface area contributed by atoms with Crippen molar-refractivity contribution in [1.82, 2.24) is 9.55 Å². The zero-order valence-electron chi connectivity index (χ0n) is 7.23. The molecule has 0 radical (unpaired) electrons. The van der Waals surface area contributed by atoms with E-state index < -0.39 is 0 Å². The van der Waals surface area contributed by atoms with Crippen LogP contribution in [-0.2, 0) is 13.0 Å². The van der Waals surface area contributed by atoms with Crippen molar-refractivity contribution in [3.8, 4) is 10.6 Å². The van der Waals surface area contributed by atoms with Crippen LogP contribution in [0.25, 0.3) is 10.6 Å². The van der Waals surface area contributed by atoms with Crippen LogP contribution in [0.15, 0.2) is 23.7 Å². The van der Waals surface area contributed by atoms with Gasteiger partial charge in [0.1, 0.15) is 5.82 Å². The van der Waals surface area contributed by atoms with E-state index in [4.69, 9.17) is 0 Å². The Balaban J connectivity index is 2.16.